The maximum absolute atomic E-state index is 15.5. The average Bonchev–Trinajstić information content (AvgIpc) is 3.71. The van der Waals surface area contributed by atoms with Gasteiger partial charge in [0, 0.05) is 66.3 Å². The Morgan fingerprint density at radius 2 is 1.90 bits per heavy atom. The van der Waals surface area contributed by atoms with Gasteiger partial charge in [-0.2, -0.15) is 0 Å². The van der Waals surface area contributed by atoms with E-state index < -0.39 is 85.2 Å². The first-order valence-corrected chi connectivity index (χ1v) is 28.6. The van der Waals surface area contributed by atoms with E-state index in [1.807, 2.05) is 57.1 Å². The van der Waals surface area contributed by atoms with Crippen LogP contribution in [0.4, 0.5) is 4.79 Å². The Balaban J connectivity index is 1.49. The molecule has 10 atom stereocenters. The summed E-state index contributed by atoms with van der Waals surface area (Å²) in [5, 5.41) is 32.2. The number of hydrogen-bond donors (Lipinski definition) is 5. The zero-order chi connectivity index (χ0) is 52.5. The van der Waals surface area contributed by atoms with Crippen molar-refractivity contribution in [2.45, 2.75) is 107 Å². The lowest BCUT2D eigenvalue weighted by Crippen LogP contribution is -2.68. The summed E-state index contributed by atoms with van der Waals surface area (Å²) in [5.74, 6) is 11.1. The molecule has 6 rings (SSSR count). The van der Waals surface area contributed by atoms with Crippen LogP contribution >= 0.6 is 11.8 Å². The van der Waals surface area contributed by atoms with E-state index in [4.69, 9.17) is 55.5 Å². The maximum atomic E-state index is 15.5. The third kappa shape index (κ3) is 13.3. The third-order valence-corrected chi connectivity index (χ3v) is 15.4. The van der Waals surface area contributed by atoms with E-state index in [1.54, 1.807) is 45.7 Å². The van der Waals surface area contributed by atoms with Gasteiger partial charge in [0.25, 0.3) is 0 Å². The van der Waals surface area contributed by atoms with Crippen LogP contribution in [0.5, 0.6) is 5.75 Å². The zero-order valence-electron chi connectivity index (χ0n) is 42.1. The molecule has 2 fully saturated rings. The number of benzene rings is 1. The smallest absolute Gasteiger partial charge is 0.411 e. The Morgan fingerprint density at radius 3 is 2.57 bits per heavy atom. The fourth-order valence-corrected chi connectivity index (χ4v) is 10.9. The number of nitrogens with zero attached hydrogens (tertiary/aromatic N) is 2. The van der Waals surface area contributed by atoms with Crippen molar-refractivity contribution in [1.29, 1.82) is 0 Å². The number of rotatable bonds is 18. The van der Waals surface area contributed by atoms with Gasteiger partial charge in [0.05, 0.1) is 49.3 Å². The average molecular weight is 1070 g/mol. The van der Waals surface area contributed by atoms with Crippen molar-refractivity contribution >= 4 is 80.8 Å². The van der Waals surface area contributed by atoms with Gasteiger partial charge in [-0.15, -0.1) is 17.7 Å². The molecule has 390 valence electrons. The Hall–Kier alpha value is -4.30. The van der Waals surface area contributed by atoms with E-state index in [-0.39, 0.29) is 53.4 Å². The van der Waals surface area contributed by atoms with Crippen molar-refractivity contribution in [3.05, 3.63) is 71.2 Å². The van der Waals surface area contributed by atoms with Gasteiger partial charge in [-0.25, -0.2) is 4.79 Å². The fraction of sp³-hybridized carbons (Fsp3) is 0.529. The molecule has 5 N–H and O–H groups in total. The molecule has 2 saturated heterocycles. The number of likely N-dealkylation sites (N-methyl/N-ethyl adjacent to an activating group) is 1. The molecule has 72 heavy (non-hydrogen) atoms. The number of hydrogen-bond acceptors (Lipinski definition) is 18. The van der Waals surface area contributed by atoms with Crippen molar-refractivity contribution in [3.8, 4) is 29.4 Å². The zero-order valence-corrected chi connectivity index (χ0v) is 45.4. The lowest BCUT2D eigenvalue weighted by Gasteiger charge is -2.51. The molecule has 0 spiro atoms. The van der Waals surface area contributed by atoms with Crippen LogP contribution in [0.3, 0.4) is 0 Å². The highest BCUT2D eigenvalue weighted by Crippen LogP contribution is 2.46. The minimum Gasteiger partial charge on any atom is -0.492 e. The van der Waals surface area contributed by atoms with Crippen LogP contribution in [0.2, 0.25) is 0 Å². The quantitative estimate of drug-likeness (QED) is 0.0897. The van der Waals surface area contributed by atoms with Gasteiger partial charge >= 0.3 is 6.09 Å². The predicted octanol–water partition coefficient (Wildman–Crippen LogP) is 4.11. The van der Waals surface area contributed by atoms with Crippen molar-refractivity contribution in [2.75, 3.05) is 66.3 Å². The van der Waals surface area contributed by atoms with Crippen molar-refractivity contribution in [1.82, 2.24) is 25.5 Å². The molecule has 3 aliphatic rings. The van der Waals surface area contributed by atoms with Crippen LogP contribution in [0, 0.1) is 23.7 Å². The summed E-state index contributed by atoms with van der Waals surface area (Å²) in [6.45, 7) is 8.69. The molecular weight excluding hydrogens is 1000 g/mol. The number of alkyl carbamates (subject to hydrolysis) is 1. The number of amides is 1. The number of ketones is 2. The number of pyridine rings is 1. The van der Waals surface area contributed by atoms with Crippen LogP contribution < -0.4 is 15.4 Å². The highest BCUT2D eigenvalue weighted by molar-refractivity contribution is 8.56. The Bertz CT molecular complexity index is 2810. The number of ether oxygens (including phenoxy) is 7. The first-order chi connectivity index (χ1) is 34.3. The molecule has 17 nitrogen and oxygen atoms in total. The number of nitrogens with one attached hydrogen (secondary N) is 3. The molecule has 0 radical (unpaired) electrons. The molecule has 1 aromatic carbocycles. The highest BCUT2D eigenvalue weighted by Gasteiger charge is 2.61. The topological polar surface area (TPSA) is 212 Å². The number of aliphatic hydroxyl groups is 2. The molecule has 4 heterocycles. The number of thioether (sulfide) groups is 1. The summed E-state index contributed by atoms with van der Waals surface area (Å²) in [4.78, 5) is 52.4. The van der Waals surface area contributed by atoms with Gasteiger partial charge in [-0.3, -0.25) is 19.9 Å². The molecule has 1 aliphatic carbocycles. The SMILES string of the molecule is CC#C/C=C\C#C[C@H](OC1OC(C)C(SC)(C(=O)c2nccc3c2[nH]c2ccc(OCCN(C)C)cc23)C(O)C1OC1CC(OC)C(NC(C)C)CO1)C1=C(NC(=O)OC)C(=O)C[C@H](O)/C1=C/CS(C)(=S)=S. The second kappa shape index (κ2) is 25.3. The normalized spacial score (nSPS) is 27.0. The van der Waals surface area contributed by atoms with E-state index in [2.05, 4.69) is 44.3 Å². The summed E-state index contributed by atoms with van der Waals surface area (Å²) in [6.07, 6.45) is -1.87. The Morgan fingerprint density at radius 1 is 1.15 bits per heavy atom. The van der Waals surface area contributed by atoms with E-state index in [9.17, 15) is 19.8 Å². The molecular formula is C51H65N5O12S4. The molecule has 2 aliphatic heterocycles. The number of methoxy groups -OCH3 is 2. The summed E-state index contributed by atoms with van der Waals surface area (Å²) < 4.78 is 41.8. The van der Waals surface area contributed by atoms with Crippen LogP contribution in [0.1, 0.15) is 51.0 Å². The van der Waals surface area contributed by atoms with Gasteiger partial charge in [-0.05, 0) is 105 Å². The van der Waals surface area contributed by atoms with Gasteiger partial charge in [0.2, 0.25) is 5.78 Å². The number of carbonyl (C=O) groups is 3. The molecule has 2 aromatic heterocycles. The first-order valence-electron chi connectivity index (χ1n) is 23.4. The van der Waals surface area contributed by atoms with Crippen LogP contribution in [0.15, 0.2) is 65.5 Å². The lowest BCUT2D eigenvalue weighted by atomic mass is 9.82. The molecule has 0 bridgehead atoms. The molecule has 21 heteroatoms. The lowest BCUT2D eigenvalue weighted by molar-refractivity contribution is -0.323. The number of aromatic nitrogens is 2. The van der Waals surface area contributed by atoms with Crippen LogP contribution in [0.25, 0.3) is 21.8 Å². The second-order valence-corrected chi connectivity index (χ2v) is 26.4. The number of carbonyl (C=O) groups excluding carboxylic acids is 3. The van der Waals surface area contributed by atoms with E-state index in [0.29, 0.717) is 23.3 Å². The van der Waals surface area contributed by atoms with Gasteiger partial charge in [-0.1, -0.05) is 44.8 Å². The third-order valence-electron chi connectivity index (χ3n) is 12.4. The summed E-state index contributed by atoms with van der Waals surface area (Å²) in [6, 6.07) is 7.37. The number of Topliss-reactive ketones (excluding diaryl/α,β-unsaturated/α-hetero) is 2. The van der Waals surface area contributed by atoms with Crippen molar-refractivity contribution in [3.63, 3.8) is 0 Å². The summed E-state index contributed by atoms with van der Waals surface area (Å²) in [7, 11) is 4.63. The van der Waals surface area contributed by atoms with Crippen molar-refractivity contribution in [2.24, 2.45) is 0 Å². The van der Waals surface area contributed by atoms with E-state index in [1.165, 1.54) is 12.2 Å². The highest BCUT2D eigenvalue weighted by atomic mass is 33.1. The van der Waals surface area contributed by atoms with Gasteiger partial charge in [0.15, 0.2) is 18.4 Å². The number of H-pyrrole nitrogens is 1. The first kappa shape index (κ1) is 57.0. The number of allylic oxidation sites excluding steroid dienone is 3. The largest absolute Gasteiger partial charge is 0.492 e. The number of fused-ring (bicyclic) bond motifs is 3. The summed E-state index contributed by atoms with van der Waals surface area (Å²) in [5.41, 5.74) is 1.12. The molecule has 3 aromatic rings. The number of aliphatic hydroxyl groups excluding tert-OH is 2. The maximum Gasteiger partial charge on any atom is 0.411 e. The van der Waals surface area contributed by atoms with Crippen LogP contribution in [-0.4, -0.2) is 175 Å². The predicted molar refractivity (Wildman–Crippen MR) is 285 cm³/mol. The van der Waals surface area contributed by atoms with Gasteiger partial charge in [0.1, 0.15) is 41.1 Å². The van der Waals surface area contributed by atoms with Crippen molar-refractivity contribution < 1.29 is 57.8 Å². The standard InChI is InChI=1S/C51H65N5O12S4/c1-11-12-13-14-15-16-39(42-33(20-24-72(10,69)70)37(57)26-38(58)44(42)55-50(61)63-8)67-49-46(68-41-27-40(62-7)36(28-65-41)53-29(2)3)48(60)51(71-9,30(4)66-49)47(59)45-43-32(19-21-52-45)34-25-31(17-18-35(34)54-43)64-23-22-56(5)6/h13-14,17-21,25,29-30,36-37,39-41,46,48-49,53-54,57,60H,22-24,26-28H2,1-10H3,(H,55,61)/b14-13-,33-20-/t30?,36?,37-,39-,40?,41?,46?,48?,49?,51?/m0/s1. The molecule has 1 amide bonds. The molecule has 0 saturated carbocycles. The van der Waals surface area contributed by atoms with E-state index >= 15 is 4.79 Å². The fourth-order valence-electron chi connectivity index (χ4n) is 8.93. The van der Waals surface area contributed by atoms with E-state index in [0.717, 1.165) is 36.3 Å². The summed E-state index contributed by atoms with van der Waals surface area (Å²) >= 11 is 12.2. The monoisotopic (exact) mass is 1070 g/mol. The Kier molecular flexibility index (Phi) is 20.0. The second-order valence-electron chi connectivity index (χ2n) is 18.1. The minimum atomic E-state index is -2.04. The number of aromatic amines is 1. The molecule has 8 unspecified atom stereocenters. The Labute approximate surface area is 435 Å². The van der Waals surface area contributed by atoms with Gasteiger partial charge < -0.3 is 58.6 Å². The minimum absolute atomic E-state index is 0.0283. The van der Waals surface area contributed by atoms with Crippen LogP contribution in [-0.2, 0) is 62.7 Å².